The number of carbonyl (C=O) groups excluding carboxylic acids is 1. The Kier molecular flexibility index (Phi) is 5.22. The van der Waals surface area contributed by atoms with Crippen LogP contribution < -0.4 is 0 Å². The van der Waals surface area contributed by atoms with Gasteiger partial charge in [-0.05, 0) is 6.42 Å². The number of rotatable bonds is 5. The standard InChI is InChI=1S/C8H16O2/c1-4-5-7(2)8(9)6-10-3/h7H,4-6H2,1-3H3. The van der Waals surface area contributed by atoms with Gasteiger partial charge in [0.25, 0.3) is 0 Å². The molecule has 2 nitrogen and oxygen atoms in total. The predicted molar refractivity (Wildman–Crippen MR) is 41.0 cm³/mol. The first-order valence-corrected chi connectivity index (χ1v) is 3.74. The van der Waals surface area contributed by atoms with Crippen LogP contribution in [0.3, 0.4) is 0 Å². The van der Waals surface area contributed by atoms with Crippen LogP contribution in [0.25, 0.3) is 0 Å². The summed E-state index contributed by atoms with van der Waals surface area (Å²) in [6, 6.07) is 0. The number of ether oxygens (including phenoxy) is 1. The molecular weight excluding hydrogens is 128 g/mol. The molecule has 0 fully saturated rings. The minimum Gasteiger partial charge on any atom is -0.377 e. The number of hydrogen-bond donors (Lipinski definition) is 0. The molecule has 0 aromatic rings. The lowest BCUT2D eigenvalue weighted by atomic mass is 10.0. The van der Waals surface area contributed by atoms with E-state index in [4.69, 9.17) is 4.74 Å². The minimum atomic E-state index is 0.171. The molecule has 0 saturated carbocycles. The van der Waals surface area contributed by atoms with Gasteiger partial charge in [-0.3, -0.25) is 4.79 Å². The van der Waals surface area contributed by atoms with E-state index in [-0.39, 0.29) is 18.3 Å². The Labute approximate surface area is 62.6 Å². The molecule has 0 aliphatic heterocycles. The van der Waals surface area contributed by atoms with Crippen LogP contribution in [0.4, 0.5) is 0 Å². The van der Waals surface area contributed by atoms with Crippen LogP contribution in [-0.4, -0.2) is 19.5 Å². The number of carbonyl (C=O) groups is 1. The van der Waals surface area contributed by atoms with Gasteiger partial charge in [0, 0.05) is 13.0 Å². The number of methoxy groups -OCH3 is 1. The highest BCUT2D eigenvalue weighted by atomic mass is 16.5. The SMILES string of the molecule is CCCC(C)C(=O)COC. The zero-order valence-electron chi connectivity index (χ0n) is 7.02. The largest absolute Gasteiger partial charge is 0.377 e. The van der Waals surface area contributed by atoms with E-state index >= 15 is 0 Å². The number of hydrogen-bond acceptors (Lipinski definition) is 2. The Hall–Kier alpha value is -0.370. The first kappa shape index (κ1) is 9.63. The van der Waals surface area contributed by atoms with Crippen molar-refractivity contribution in [3.05, 3.63) is 0 Å². The summed E-state index contributed by atoms with van der Waals surface area (Å²) >= 11 is 0. The summed E-state index contributed by atoms with van der Waals surface area (Å²) in [6.45, 7) is 4.29. The second kappa shape index (κ2) is 5.42. The second-order valence-electron chi connectivity index (χ2n) is 2.59. The molecule has 0 bridgehead atoms. The average molecular weight is 144 g/mol. The molecule has 0 radical (unpaired) electrons. The first-order chi connectivity index (χ1) is 4.72. The van der Waals surface area contributed by atoms with E-state index in [1.165, 1.54) is 0 Å². The van der Waals surface area contributed by atoms with Crippen molar-refractivity contribution in [2.24, 2.45) is 5.92 Å². The summed E-state index contributed by atoms with van der Waals surface area (Å²) in [7, 11) is 1.55. The Balaban J connectivity index is 3.49. The molecule has 0 amide bonds. The maximum absolute atomic E-state index is 11.0. The highest BCUT2D eigenvalue weighted by Gasteiger charge is 2.09. The van der Waals surface area contributed by atoms with Crippen LogP contribution in [0, 0.1) is 5.92 Å². The third-order valence-corrected chi connectivity index (χ3v) is 1.56. The predicted octanol–water partition coefficient (Wildman–Crippen LogP) is 1.64. The van der Waals surface area contributed by atoms with E-state index in [1.54, 1.807) is 7.11 Å². The smallest absolute Gasteiger partial charge is 0.161 e. The third kappa shape index (κ3) is 3.62. The summed E-state index contributed by atoms with van der Waals surface area (Å²) in [5.74, 6) is 0.384. The lowest BCUT2D eigenvalue weighted by Gasteiger charge is -2.06. The van der Waals surface area contributed by atoms with Gasteiger partial charge < -0.3 is 4.74 Å². The van der Waals surface area contributed by atoms with Crippen LogP contribution in [0.15, 0.2) is 0 Å². The van der Waals surface area contributed by atoms with Crippen LogP contribution in [-0.2, 0) is 9.53 Å². The van der Waals surface area contributed by atoms with Crippen molar-refractivity contribution in [2.45, 2.75) is 26.7 Å². The summed E-state index contributed by atoms with van der Waals surface area (Å²) in [5.41, 5.74) is 0. The maximum Gasteiger partial charge on any atom is 0.161 e. The molecular formula is C8H16O2. The van der Waals surface area contributed by atoms with E-state index in [0.717, 1.165) is 12.8 Å². The van der Waals surface area contributed by atoms with Gasteiger partial charge in [-0.1, -0.05) is 20.3 Å². The van der Waals surface area contributed by atoms with Crippen LogP contribution in [0.1, 0.15) is 26.7 Å². The van der Waals surface area contributed by atoms with Gasteiger partial charge in [0.2, 0.25) is 0 Å². The first-order valence-electron chi connectivity index (χ1n) is 3.74. The molecule has 0 N–H and O–H groups in total. The van der Waals surface area contributed by atoms with Gasteiger partial charge in [-0.15, -0.1) is 0 Å². The van der Waals surface area contributed by atoms with Crippen molar-refractivity contribution >= 4 is 5.78 Å². The van der Waals surface area contributed by atoms with E-state index in [1.807, 2.05) is 6.92 Å². The van der Waals surface area contributed by atoms with Crippen molar-refractivity contribution in [1.29, 1.82) is 0 Å². The molecule has 0 rings (SSSR count). The van der Waals surface area contributed by atoms with E-state index < -0.39 is 0 Å². The van der Waals surface area contributed by atoms with Crippen molar-refractivity contribution in [2.75, 3.05) is 13.7 Å². The van der Waals surface area contributed by atoms with Crippen molar-refractivity contribution in [3.63, 3.8) is 0 Å². The zero-order chi connectivity index (χ0) is 7.98. The fourth-order valence-electron chi connectivity index (χ4n) is 0.879. The Bertz CT molecular complexity index is 99.4. The molecule has 1 unspecified atom stereocenters. The van der Waals surface area contributed by atoms with E-state index in [0.29, 0.717) is 0 Å². The van der Waals surface area contributed by atoms with Gasteiger partial charge in [0.05, 0.1) is 0 Å². The summed E-state index contributed by atoms with van der Waals surface area (Å²) in [4.78, 5) is 11.0. The number of Topliss-reactive ketones (excluding diaryl/α,β-unsaturated/α-hetero) is 1. The molecule has 10 heavy (non-hydrogen) atoms. The number of ketones is 1. The third-order valence-electron chi connectivity index (χ3n) is 1.56. The summed E-state index contributed by atoms with van der Waals surface area (Å²) in [6.07, 6.45) is 2.04. The fourth-order valence-corrected chi connectivity index (χ4v) is 0.879. The average Bonchev–Trinajstić information content (AvgIpc) is 1.89. The molecule has 0 heterocycles. The Morgan fingerprint density at radius 1 is 1.60 bits per heavy atom. The Morgan fingerprint density at radius 3 is 2.60 bits per heavy atom. The molecule has 2 heteroatoms. The van der Waals surface area contributed by atoms with Gasteiger partial charge in [-0.2, -0.15) is 0 Å². The van der Waals surface area contributed by atoms with Crippen LogP contribution in [0.5, 0.6) is 0 Å². The van der Waals surface area contributed by atoms with Gasteiger partial charge in [0.1, 0.15) is 6.61 Å². The molecule has 0 aliphatic carbocycles. The van der Waals surface area contributed by atoms with Crippen molar-refractivity contribution in [3.8, 4) is 0 Å². The molecule has 0 saturated heterocycles. The minimum absolute atomic E-state index is 0.171. The fraction of sp³-hybridized carbons (Fsp3) is 0.875. The monoisotopic (exact) mass is 144 g/mol. The van der Waals surface area contributed by atoms with Crippen molar-refractivity contribution < 1.29 is 9.53 Å². The zero-order valence-corrected chi connectivity index (χ0v) is 7.02. The second-order valence-corrected chi connectivity index (χ2v) is 2.59. The quantitative estimate of drug-likeness (QED) is 0.586. The summed E-state index contributed by atoms with van der Waals surface area (Å²) < 4.78 is 4.72. The van der Waals surface area contributed by atoms with E-state index in [9.17, 15) is 4.79 Å². The molecule has 0 aromatic heterocycles. The lowest BCUT2D eigenvalue weighted by molar-refractivity contribution is -0.126. The molecule has 60 valence electrons. The topological polar surface area (TPSA) is 26.3 Å². The molecule has 0 aromatic carbocycles. The highest BCUT2D eigenvalue weighted by molar-refractivity contribution is 5.81. The van der Waals surface area contributed by atoms with Crippen LogP contribution in [0.2, 0.25) is 0 Å². The van der Waals surface area contributed by atoms with Gasteiger partial charge >= 0.3 is 0 Å². The van der Waals surface area contributed by atoms with Crippen LogP contribution >= 0.6 is 0 Å². The Morgan fingerprint density at radius 2 is 2.20 bits per heavy atom. The normalized spacial score (nSPS) is 13.1. The maximum atomic E-state index is 11.0. The lowest BCUT2D eigenvalue weighted by Crippen LogP contribution is -2.15. The molecule has 0 spiro atoms. The van der Waals surface area contributed by atoms with Crippen molar-refractivity contribution in [1.82, 2.24) is 0 Å². The molecule has 1 atom stereocenters. The van der Waals surface area contributed by atoms with Gasteiger partial charge in [-0.25, -0.2) is 0 Å². The van der Waals surface area contributed by atoms with E-state index in [2.05, 4.69) is 6.92 Å². The molecule has 0 aliphatic rings. The highest BCUT2D eigenvalue weighted by Crippen LogP contribution is 2.05. The van der Waals surface area contributed by atoms with Gasteiger partial charge in [0.15, 0.2) is 5.78 Å². The summed E-state index contributed by atoms with van der Waals surface area (Å²) in [5, 5.41) is 0.